The van der Waals surface area contributed by atoms with E-state index < -0.39 is 10.0 Å². The summed E-state index contributed by atoms with van der Waals surface area (Å²) < 4.78 is 32.4. The SMILES string of the molecule is CNC(=O)c1ccc(Cl)c(S(=O)(=O)NC[C@@H]2CCCO2)c1. The van der Waals surface area contributed by atoms with E-state index in [0.717, 1.165) is 12.8 Å². The first-order valence-corrected chi connectivity index (χ1v) is 8.43. The average molecular weight is 333 g/mol. The molecule has 8 heteroatoms. The molecule has 1 amide bonds. The summed E-state index contributed by atoms with van der Waals surface area (Å²) in [5.41, 5.74) is 0.236. The molecule has 2 N–H and O–H groups in total. The number of sulfonamides is 1. The van der Waals surface area contributed by atoms with Crippen LogP contribution in [0.15, 0.2) is 23.1 Å². The number of ether oxygens (including phenoxy) is 1. The zero-order valence-corrected chi connectivity index (χ0v) is 13.1. The predicted molar refractivity (Wildman–Crippen MR) is 79.0 cm³/mol. The van der Waals surface area contributed by atoms with Crippen molar-refractivity contribution in [1.82, 2.24) is 10.0 Å². The van der Waals surface area contributed by atoms with Gasteiger partial charge in [-0.25, -0.2) is 13.1 Å². The zero-order valence-electron chi connectivity index (χ0n) is 11.6. The van der Waals surface area contributed by atoms with Crippen LogP contribution in [0.25, 0.3) is 0 Å². The number of hydrogen-bond acceptors (Lipinski definition) is 4. The highest BCUT2D eigenvalue weighted by Gasteiger charge is 2.23. The lowest BCUT2D eigenvalue weighted by Crippen LogP contribution is -2.32. The molecular weight excluding hydrogens is 316 g/mol. The quantitative estimate of drug-likeness (QED) is 0.847. The van der Waals surface area contributed by atoms with Crippen LogP contribution >= 0.6 is 11.6 Å². The second-order valence-corrected chi connectivity index (χ2v) is 6.85. The van der Waals surface area contributed by atoms with Crippen molar-refractivity contribution in [3.05, 3.63) is 28.8 Å². The average Bonchev–Trinajstić information content (AvgIpc) is 2.98. The number of halogens is 1. The van der Waals surface area contributed by atoms with Crippen molar-refractivity contribution in [3.8, 4) is 0 Å². The lowest BCUT2D eigenvalue weighted by Gasteiger charge is -2.13. The maximum absolute atomic E-state index is 12.3. The molecule has 0 unspecified atom stereocenters. The Kier molecular flexibility index (Phi) is 5.21. The Labute approximate surface area is 128 Å². The van der Waals surface area contributed by atoms with Crippen molar-refractivity contribution in [1.29, 1.82) is 0 Å². The molecule has 1 aliphatic rings. The van der Waals surface area contributed by atoms with Gasteiger partial charge in [0.25, 0.3) is 5.91 Å². The number of carbonyl (C=O) groups excluding carboxylic acids is 1. The molecule has 1 fully saturated rings. The first-order valence-electron chi connectivity index (χ1n) is 6.57. The van der Waals surface area contributed by atoms with Crippen molar-refractivity contribution in [2.75, 3.05) is 20.2 Å². The van der Waals surface area contributed by atoms with Crippen LogP contribution in [-0.4, -0.2) is 40.6 Å². The minimum absolute atomic E-state index is 0.0718. The monoisotopic (exact) mass is 332 g/mol. The van der Waals surface area contributed by atoms with Gasteiger partial charge in [0.2, 0.25) is 10.0 Å². The molecule has 1 heterocycles. The molecule has 116 valence electrons. The smallest absolute Gasteiger partial charge is 0.251 e. The maximum atomic E-state index is 12.3. The fourth-order valence-electron chi connectivity index (χ4n) is 2.08. The standard InChI is InChI=1S/C13H17ClN2O4S/c1-15-13(17)9-4-5-11(14)12(7-9)21(18,19)16-8-10-3-2-6-20-10/h4-5,7,10,16H,2-3,6,8H2,1H3,(H,15,17)/t10-/m0/s1. The topological polar surface area (TPSA) is 84.5 Å². The van der Waals surface area contributed by atoms with Gasteiger partial charge in [0.05, 0.1) is 11.1 Å². The highest BCUT2D eigenvalue weighted by molar-refractivity contribution is 7.89. The van der Waals surface area contributed by atoms with E-state index in [-0.39, 0.29) is 34.0 Å². The molecule has 1 saturated heterocycles. The van der Waals surface area contributed by atoms with Gasteiger partial charge in [-0.1, -0.05) is 11.6 Å². The van der Waals surface area contributed by atoms with Crippen LogP contribution in [0.4, 0.5) is 0 Å². The number of carbonyl (C=O) groups is 1. The van der Waals surface area contributed by atoms with Gasteiger partial charge < -0.3 is 10.1 Å². The third kappa shape index (κ3) is 3.94. The van der Waals surface area contributed by atoms with Gasteiger partial charge in [-0.05, 0) is 31.0 Å². The van der Waals surface area contributed by atoms with Crippen LogP contribution in [0.5, 0.6) is 0 Å². The fraction of sp³-hybridized carbons (Fsp3) is 0.462. The number of benzene rings is 1. The molecule has 1 atom stereocenters. The van der Waals surface area contributed by atoms with Crippen LogP contribution in [-0.2, 0) is 14.8 Å². The molecule has 1 aliphatic heterocycles. The van der Waals surface area contributed by atoms with Gasteiger partial charge >= 0.3 is 0 Å². The predicted octanol–water partition coefficient (Wildman–Crippen LogP) is 1.16. The first kappa shape index (κ1) is 16.2. The van der Waals surface area contributed by atoms with Crippen LogP contribution in [0.1, 0.15) is 23.2 Å². The van der Waals surface area contributed by atoms with Crippen molar-refractivity contribution in [3.63, 3.8) is 0 Å². The van der Waals surface area contributed by atoms with E-state index in [9.17, 15) is 13.2 Å². The Hall–Kier alpha value is -1.15. The summed E-state index contributed by atoms with van der Waals surface area (Å²) in [5, 5.41) is 2.51. The fourth-order valence-corrected chi connectivity index (χ4v) is 3.67. The van der Waals surface area contributed by atoms with Crippen molar-refractivity contribution < 1.29 is 17.9 Å². The second kappa shape index (κ2) is 6.74. The lowest BCUT2D eigenvalue weighted by atomic mass is 10.2. The van der Waals surface area contributed by atoms with Crippen LogP contribution in [0, 0.1) is 0 Å². The molecule has 0 bridgehead atoms. The van der Waals surface area contributed by atoms with E-state index in [1.165, 1.54) is 25.2 Å². The number of hydrogen-bond donors (Lipinski definition) is 2. The molecule has 0 aromatic heterocycles. The highest BCUT2D eigenvalue weighted by Crippen LogP contribution is 2.23. The van der Waals surface area contributed by atoms with E-state index in [1.54, 1.807) is 0 Å². The summed E-state index contributed by atoms with van der Waals surface area (Å²) >= 11 is 5.94. The molecule has 1 aromatic rings. The molecule has 21 heavy (non-hydrogen) atoms. The lowest BCUT2D eigenvalue weighted by molar-refractivity contribution is 0.0963. The summed E-state index contributed by atoms with van der Waals surface area (Å²) in [6, 6.07) is 4.13. The van der Waals surface area contributed by atoms with E-state index in [1.807, 2.05) is 0 Å². The molecule has 6 nitrogen and oxygen atoms in total. The van der Waals surface area contributed by atoms with Crippen molar-refractivity contribution in [2.45, 2.75) is 23.8 Å². The van der Waals surface area contributed by atoms with Gasteiger partial charge in [-0.15, -0.1) is 0 Å². The Morgan fingerprint density at radius 2 is 2.24 bits per heavy atom. The summed E-state index contributed by atoms with van der Waals surface area (Å²) in [6.07, 6.45) is 1.65. The first-order chi connectivity index (χ1) is 9.94. The summed E-state index contributed by atoms with van der Waals surface area (Å²) in [6.45, 7) is 0.849. The van der Waals surface area contributed by atoms with E-state index in [2.05, 4.69) is 10.0 Å². The van der Waals surface area contributed by atoms with E-state index >= 15 is 0 Å². The number of rotatable bonds is 5. The van der Waals surface area contributed by atoms with Crippen LogP contribution in [0.2, 0.25) is 5.02 Å². The van der Waals surface area contributed by atoms with E-state index in [0.29, 0.717) is 6.61 Å². The Bertz CT molecular complexity index is 627. The number of nitrogens with one attached hydrogen (secondary N) is 2. The van der Waals surface area contributed by atoms with Crippen LogP contribution in [0.3, 0.4) is 0 Å². The summed E-state index contributed by atoms with van der Waals surface area (Å²) in [7, 11) is -2.31. The van der Waals surface area contributed by atoms with Crippen LogP contribution < -0.4 is 10.0 Å². The third-order valence-electron chi connectivity index (χ3n) is 3.23. The van der Waals surface area contributed by atoms with Gasteiger partial charge in [0.15, 0.2) is 0 Å². The molecule has 0 aliphatic carbocycles. The summed E-state index contributed by atoms with van der Waals surface area (Å²) in [4.78, 5) is 11.5. The molecule has 0 spiro atoms. The molecule has 0 radical (unpaired) electrons. The van der Waals surface area contributed by atoms with Crippen molar-refractivity contribution >= 4 is 27.5 Å². The third-order valence-corrected chi connectivity index (χ3v) is 5.14. The summed E-state index contributed by atoms with van der Waals surface area (Å²) in [5.74, 6) is -0.373. The number of amides is 1. The highest BCUT2D eigenvalue weighted by atomic mass is 35.5. The van der Waals surface area contributed by atoms with Gasteiger partial charge in [0, 0.05) is 25.8 Å². The minimum Gasteiger partial charge on any atom is -0.377 e. The normalized spacial score (nSPS) is 18.7. The second-order valence-electron chi connectivity index (χ2n) is 4.71. The van der Waals surface area contributed by atoms with Gasteiger partial charge in [-0.2, -0.15) is 0 Å². The minimum atomic E-state index is -3.78. The molecule has 2 rings (SSSR count). The van der Waals surface area contributed by atoms with Gasteiger partial charge in [0.1, 0.15) is 4.90 Å². The van der Waals surface area contributed by atoms with E-state index in [4.69, 9.17) is 16.3 Å². The molecule has 0 saturated carbocycles. The Balaban J connectivity index is 2.19. The Morgan fingerprint density at radius 1 is 1.48 bits per heavy atom. The van der Waals surface area contributed by atoms with Gasteiger partial charge in [-0.3, -0.25) is 4.79 Å². The Morgan fingerprint density at radius 3 is 2.86 bits per heavy atom. The largest absolute Gasteiger partial charge is 0.377 e. The maximum Gasteiger partial charge on any atom is 0.251 e. The molecule has 1 aromatic carbocycles. The zero-order chi connectivity index (χ0) is 15.5. The molecular formula is C13H17ClN2O4S. The van der Waals surface area contributed by atoms with Crippen molar-refractivity contribution in [2.24, 2.45) is 0 Å².